The number of aromatic nitrogens is 4. The molecule has 0 spiro atoms. The Morgan fingerprint density at radius 1 is 1.08 bits per heavy atom. The van der Waals surface area contributed by atoms with Gasteiger partial charge in [0, 0.05) is 11.6 Å². The van der Waals surface area contributed by atoms with E-state index in [1.165, 1.54) is 24.5 Å². The van der Waals surface area contributed by atoms with Gasteiger partial charge in [-0.15, -0.1) is 0 Å². The van der Waals surface area contributed by atoms with Gasteiger partial charge in [-0.1, -0.05) is 6.07 Å². The molecule has 0 aliphatic rings. The van der Waals surface area contributed by atoms with Crippen LogP contribution in [0.2, 0.25) is 0 Å². The van der Waals surface area contributed by atoms with Crippen molar-refractivity contribution in [2.45, 2.75) is 5.92 Å². The molecule has 0 amide bonds. The lowest BCUT2D eigenvalue weighted by molar-refractivity contribution is 0.0293. The molecule has 24 heavy (non-hydrogen) atoms. The van der Waals surface area contributed by atoms with Gasteiger partial charge in [0.25, 0.3) is 0 Å². The van der Waals surface area contributed by atoms with Gasteiger partial charge in [0.15, 0.2) is 5.82 Å². The van der Waals surface area contributed by atoms with E-state index >= 15 is 0 Å². The Balaban J connectivity index is 1.96. The molecule has 0 radical (unpaired) electrons. The first-order valence-corrected chi connectivity index (χ1v) is 7.08. The van der Waals surface area contributed by atoms with Gasteiger partial charge in [0.1, 0.15) is 11.2 Å². The molecular formula is C17H9F2N5. The Hall–Kier alpha value is -3.40. The van der Waals surface area contributed by atoms with E-state index in [1.54, 1.807) is 24.3 Å². The summed E-state index contributed by atoms with van der Waals surface area (Å²) in [6.07, 6.45) is 2.74. The highest BCUT2D eigenvalue weighted by Gasteiger charge is 2.39. The normalized spacial score (nSPS) is 11.7. The van der Waals surface area contributed by atoms with Crippen LogP contribution in [-0.2, 0) is 5.92 Å². The van der Waals surface area contributed by atoms with Crippen molar-refractivity contribution in [3.63, 3.8) is 0 Å². The Labute approximate surface area is 134 Å². The molecule has 0 atom stereocenters. The summed E-state index contributed by atoms with van der Waals surface area (Å²) >= 11 is 0. The van der Waals surface area contributed by atoms with Crippen LogP contribution in [0.5, 0.6) is 0 Å². The first-order valence-electron chi connectivity index (χ1n) is 7.08. The van der Waals surface area contributed by atoms with Crippen LogP contribution in [0.15, 0.2) is 48.8 Å². The second-order valence-corrected chi connectivity index (χ2v) is 5.24. The number of aromatic amines is 1. The fraction of sp³-hybridized carbons (Fsp3) is 0.0588. The van der Waals surface area contributed by atoms with Gasteiger partial charge in [-0.3, -0.25) is 9.97 Å². The molecule has 0 aliphatic carbocycles. The first kappa shape index (κ1) is 14.2. The van der Waals surface area contributed by atoms with E-state index in [1.807, 2.05) is 6.07 Å². The fourth-order valence-electron chi connectivity index (χ4n) is 2.55. The molecule has 4 aromatic rings. The van der Waals surface area contributed by atoms with Crippen LogP contribution in [0.25, 0.3) is 21.9 Å². The van der Waals surface area contributed by atoms with Crippen LogP contribution in [-0.4, -0.2) is 19.9 Å². The number of hydrogen-bond donors (Lipinski definition) is 1. The SMILES string of the molecule is N#Cc1ccc2ncc3nc(C(F)(F)c4ccccn4)[nH]c3c2c1. The van der Waals surface area contributed by atoms with Gasteiger partial charge in [-0.2, -0.15) is 14.0 Å². The van der Waals surface area contributed by atoms with Gasteiger partial charge in [0.05, 0.1) is 28.9 Å². The Bertz CT molecular complexity index is 1100. The Morgan fingerprint density at radius 3 is 2.71 bits per heavy atom. The monoisotopic (exact) mass is 321 g/mol. The third-order valence-electron chi connectivity index (χ3n) is 3.74. The van der Waals surface area contributed by atoms with Gasteiger partial charge >= 0.3 is 5.92 Å². The molecule has 1 aromatic carbocycles. The largest absolute Gasteiger partial charge is 0.346 e. The molecule has 116 valence electrons. The van der Waals surface area contributed by atoms with Crippen LogP contribution < -0.4 is 0 Å². The van der Waals surface area contributed by atoms with Crippen molar-refractivity contribution in [3.8, 4) is 6.07 Å². The molecule has 5 nitrogen and oxygen atoms in total. The maximum atomic E-state index is 14.6. The van der Waals surface area contributed by atoms with Gasteiger partial charge in [-0.25, -0.2) is 4.98 Å². The number of H-pyrrole nitrogens is 1. The molecule has 1 N–H and O–H groups in total. The molecule has 0 saturated carbocycles. The zero-order valence-electron chi connectivity index (χ0n) is 12.2. The number of rotatable bonds is 2. The third-order valence-corrected chi connectivity index (χ3v) is 3.74. The zero-order valence-corrected chi connectivity index (χ0v) is 12.2. The highest BCUT2D eigenvalue weighted by Crippen LogP contribution is 2.34. The van der Waals surface area contributed by atoms with Crippen molar-refractivity contribution in [1.29, 1.82) is 5.26 Å². The predicted octanol–water partition coefficient (Wildman–Crippen LogP) is 3.52. The van der Waals surface area contributed by atoms with E-state index in [0.717, 1.165) is 0 Å². The highest BCUT2D eigenvalue weighted by atomic mass is 19.3. The van der Waals surface area contributed by atoms with E-state index in [2.05, 4.69) is 19.9 Å². The average molecular weight is 321 g/mol. The second kappa shape index (κ2) is 5.06. The van der Waals surface area contributed by atoms with E-state index in [-0.39, 0.29) is 5.69 Å². The molecule has 0 aliphatic heterocycles. The maximum Gasteiger partial charge on any atom is 0.346 e. The molecule has 0 unspecified atom stereocenters. The van der Waals surface area contributed by atoms with Crippen molar-refractivity contribution in [1.82, 2.24) is 19.9 Å². The topological polar surface area (TPSA) is 78.2 Å². The number of fused-ring (bicyclic) bond motifs is 3. The number of pyridine rings is 2. The third kappa shape index (κ3) is 2.08. The van der Waals surface area contributed by atoms with Gasteiger partial charge in [-0.05, 0) is 30.3 Å². The summed E-state index contributed by atoms with van der Waals surface area (Å²) < 4.78 is 29.3. The van der Waals surface area contributed by atoms with E-state index < -0.39 is 11.7 Å². The number of hydrogen-bond acceptors (Lipinski definition) is 4. The van der Waals surface area contributed by atoms with Crippen LogP contribution in [0, 0.1) is 11.3 Å². The maximum absolute atomic E-state index is 14.6. The molecule has 4 rings (SSSR count). The number of nitriles is 1. The lowest BCUT2D eigenvalue weighted by atomic mass is 10.1. The Morgan fingerprint density at radius 2 is 1.96 bits per heavy atom. The quantitative estimate of drug-likeness (QED) is 0.613. The lowest BCUT2D eigenvalue weighted by Gasteiger charge is -2.12. The summed E-state index contributed by atoms with van der Waals surface area (Å²) in [6.45, 7) is 0. The number of alkyl halides is 2. The molecule has 0 fully saturated rings. The minimum Gasteiger partial charge on any atom is -0.336 e. The number of nitrogens with zero attached hydrogens (tertiary/aromatic N) is 4. The summed E-state index contributed by atoms with van der Waals surface area (Å²) in [6, 6.07) is 11.2. The molecular weight excluding hydrogens is 312 g/mol. The molecule has 0 saturated heterocycles. The number of benzene rings is 1. The standard InChI is InChI=1S/C17H9F2N5/c18-17(19,14-3-1-2-6-21-14)16-23-13-9-22-12-5-4-10(8-20)7-11(12)15(13)24-16/h1-7,9H,(H,23,24). The average Bonchev–Trinajstić information content (AvgIpc) is 3.07. The van der Waals surface area contributed by atoms with Crippen LogP contribution in [0.1, 0.15) is 17.1 Å². The van der Waals surface area contributed by atoms with Crippen LogP contribution in [0.3, 0.4) is 0 Å². The van der Waals surface area contributed by atoms with Crippen molar-refractivity contribution in [2.75, 3.05) is 0 Å². The number of halogens is 2. The molecule has 0 bridgehead atoms. The van der Waals surface area contributed by atoms with Gasteiger partial charge in [0.2, 0.25) is 0 Å². The summed E-state index contributed by atoms with van der Waals surface area (Å²) in [5.74, 6) is -3.87. The minimum absolute atomic E-state index is 0.309. The van der Waals surface area contributed by atoms with Crippen LogP contribution in [0.4, 0.5) is 8.78 Å². The van der Waals surface area contributed by atoms with Gasteiger partial charge < -0.3 is 4.98 Å². The predicted molar refractivity (Wildman–Crippen MR) is 83.3 cm³/mol. The second-order valence-electron chi connectivity index (χ2n) is 5.24. The zero-order chi connectivity index (χ0) is 16.7. The van der Waals surface area contributed by atoms with Crippen molar-refractivity contribution in [3.05, 3.63) is 65.9 Å². The highest BCUT2D eigenvalue weighted by molar-refractivity contribution is 6.02. The summed E-state index contributed by atoms with van der Waals surface area (Å²) in [5, 5.41) is 9.60. The van der Waals surface area contributed by atoms with Crippen molar-refractivity contribution < 1.29 is 8.78 Å². The van der Waals surface area contributed by atoms with E-state index in [4.69, 9.17) is 5.26 Å². The van der Waals surface area contributed by atoms with E-state index in [9.17, 15) is 8.78 Å². The van der Waals surface area contributed by atoms with Crippen molar-refractivity contribution >= 4 is 21.9 Å². The summed E-state index contributed by atoms with van der Waals surface area (Å²) in [5.41, 5.74) is 1.35. The lowest BCUT2D eigenvalue weighted by Crippen LogP contribution is -2.18. The number of nitrogens with one attached hydrogen (secondary N) is 1. The smallest absolute Gasteiger partial charge is 0.336 e. The Kier molecular flexibility index (Phi) is 3.00. The van der Waals surface area contributed by atoms with Crippen molar-refractivity contribution in [2.24, 2.45) is 0 Å². The first-order chi connectivity index (χ1) is 11.6. The van der Waals surface area contributed by atoms with E-state index in [0.29, 0.717) is 27.5 Å². The van der Waals surface area contributed by atoms with Crippen LogP contribution >= 0.6 is 0 Å². The molecule has 7 heteroatoms. The summed E-state index contributed by atoms with van der Waals surface area (Å²) in [7, 11) is 0. The molecule has 3 aromatic heterocycles. The minimum atomic E-state index is -3.36. The number of imidazole rings is 1. The summed E-state index contributed by atoms with van der Waals surface area (Å²) in [4.78, 5) is 14.6. The molecule has 3 heterocycles. The fourth-order valence-corrected chi connectivity index (χ4v) is 2.55.